The lowest BCUT2D eigenvalue weighted by atomic mass is 10.1. The molecule has 1 fully saturated rings. The fourth-order valence-corrected chi connectivity index (χ4v) is 2.86. The summed E-state index contributed by atoms with van der Waals surface area (Å²) < 4.78 is 10.8. The summed E-state index contributed by atoms with van der Waals surface area (Å²) in [5, 5.41) is 13.7. The van der Waals surface area contributed by atoms with Gasteiger partial charge in [0.2, 0.25) is 0 Å². The third-order valence-electron chi connectivity index (χ3n) is 2.74. The zero-order chi connectivity index (χ0) is 16.3. The predicted molar refractivity (Wildman–Crippen MR) is 87.1 cm³/mol. The van der Waals surface area contributed by atoms with Crippen LogP contribution in [0.1, 0.15) is 12.5 Å². The van der Waals surface area contributed by atoms with E-state index in [-0.39, 0.29) is 22.9 Å². The summed E-state index contributed by atoms with van der Waals surface area (Å²) in [6.07, 6.45) is 1.41. The van der Waals surface area contributed by atoms with E-state index in [0.717, 1.165) is 11.8 Å². The monoisotopic (exact) mass is 340 g/mol. The predicted octanol–water partition coefficient (Wildman–Crippen LogP) is 2.49. The first-order valence-electron chi connectivity index (χ1n) is 6.20. The molecular formula is C13H12N2O5S2. The molecule has 1 amide bonds. The number of nitrogens with one attached hydrogen (secondary N) is 1. The van der Waals surface area contributed by atoms with E-state index in [1.165, 1.54) is 25.3 Å². The Labute approximate surface area is 135 Å². The minimum absolute atomic E-state index is 0.178. The van der Waals surface area contributed by atoms with Gasteiger partial charge in [-0.3, -0.25) is 14.9 Å². The van der Waals surface area contributed by atoms with Gasteiger partial charge in [0.1, 0.15) is 4.32 Å². The molecule has 1 aliphatic rings. The Kier molecular flexibility index (Phi) is 4.99. The Morgan fingerprint density at radius 1 is 1.45 bits per heavy atom. The number of carbonyl (C=O) groups is 1. The van der Waals surface area contributed by atoms with Crippen LogP contribution in [0.3, 0.4) is 0 Å². The number of nitrogens with zero attached hydrogens (tertiary/aromatic N) is 1. The van der Waals surface area contributed by atoms with Gasteiger partial charge in [0.15, 0.2) is 11.5 Å². The van der Waals surface area contributed by atoms with E-state index in [0.29, 0.717) is 21.6 Å². The minimum Gasteiger partial charge on any atom is -0.493 e. The van der Waals surface area contributed by atoms with Crippen molar-refractivity contribution in [2.45, 2.75) is 6.92 Å². The van der Waals surface area contributed by atoms with Crippen molar-refractivity contribution in [1.29, 1.82) is 0 Å². The van der Waals surface area contributed by atoms with Crippen molar-refractivity contribution < 1.29 is 19.2 Å². The number of ether oxygens (including phenoxy) is 2. The van der Waals surface area contributed by atoms with E-state index in [2.05, 4.69) is 5.32 Å². The zero-order valence-electron chi connectivity index (χ0n) is 11.7. The number of methoxy groups -OCH3 is 1. The molecule has 1 N–H and O–H groups in total. The summed E-state index contributed by atoms with van der Waals surface area (Å²) in [6.45, 7) is 2.11. The van der Waals surface area contributed by atoms with E-state index < -0.39 is 4.92 Å². The molecule has 0 radical (unpaired) electrons. The minimum atomic E-state index is -0.538. The van der Waals surface area contributed by atoms with Crippen LogP contribution in [-0.4, -0.2) is 28.9 Å². The van der Waals surface area contributed by atoms with Crippen molar-refractivity contribution >= 4 is 46.0 Å². The van der Waals surface area contributed by atoms with Crippen LogP contribution in [0.5, 0.6) is 11.5 Å². The molecule has 1 aromatic carbocycles. The molecule has 0 unspecified atom stereocenters. The van der Waals surface area contributed by atoms with Crippen LogP contribution in [0.15, 0.2) is 17.0 Å². The highest BCUT2D eigenvalue weighted by molar-refractivity contribution is 8.26. The standard InChI is InChI=1S/C13H12N2O5S2/c1-3-20-10-6-8(15(17)18)7(4-9(10)19-2)5-11-12(16)14-13(21)22-11/h4-6H,3H2,1-2H3,(H,14,16,21). The molecule has 0 saturated carbocycles. The lowest BCUT2D eigenvalue weighted by Crippen LogP contribution is -2.17. The van der Waals surface area contributed by atoms with Gasteiger partial charge in [-0.05, 0) is 19.1 Å². The number of rotatable bonds is 5. The molecule has 2 rings (SSSR count). The van der Waals surface area contributed by atoms with Crippen molar-refractivity contribution in [3.8, 4) is 11.5 Å². The molecule has 116 valence electrons. The summed E-state index contributed by atoms with van der Waals surface area (Å²) in [5.74, 6) is 0.250. The van der Waals surface area contributed by atoms with Gasteiger partial charge in [0.25, 0.3) is 11.6 Å². The Hall–Kier alpha value is -2.13. The first kappa shape index (κ1) is 16.2. The van der Waals surface area contributed by atoms with Crippen LogP contribution in [0, 0.1) is 10.1 Å². The topological polar surface area (TPSA) is 90.7 Å². The maximum absolute atomic E-state index is 11.7. The largest absolute Gasteiger partial charge is 0.493 e. The van der Waals surface area contributed by atoms with Gasteiger partial charge >= 0.3 is 0 Å². The Morgan fingerprint density at radius 2 is 2.18 bits per heavy atom. The van der Waals surface area contributed by atoms with E-state index in [1.54, 1.807) is 6.92 Å². The number of amides is 1. The number of thiocarbonyl (C=S) groups is 1. The second-order valence-electron chi connectivity index (χ2n) is 4.10. The summed E-state index contributed by atoms with van der Waals surface area (Å²) in [7, 11) is 1.44. The lowest BCUT2D eigenvalue weighted by molar-refractivity contribution is -0.385. The number of hydrogen-bond donors (Lipinski definition) is 1. The summed E-state index contributed by atoms with van der Waals surface area (Å²) >= 11 is 5.94. The van der Waals surface area contributed by atoms with Crippen molar-refractivity contribution in [2.75, 3.05) is 13.7 Å². The molecule has 1 aromatic rings. The lowest BCUT2D eigenvalue weighted by Gasteiger charge is -2.10. The van der Waals surface area contributed by atoms with Crippen molar-refractivity contribution in [1.82, 2.24) is 5.32 Å². The molecule has 9 heteroatoms. The molecule has 1 heterocycles. The van der Waals surface area contributed by atoms with Gasteiger partial charge in [-0.15, -0.1) is 0 Å². The number of hydrogen-bond acceptors (Lipinski definition) is 7. The molecule has 0 aliphatic carbocycles. The maximum Gasteiger partial charge on any atom is 0.280 e. The maximum atomic E-state index is 11.7. The van der Waals surface area contributed by atoms with Crippen LogP contribution in [0.4, 0.5) is 5.69 Å². The fraction of sp³-hybridized carbons (Fsp3) is 0.231. The first-order chi connectivity index (χ1) is 10.5. The van der Waals surface area contributed by atoms with Crippen molar-refractivity contribution in [2.24, 2.45) is 0 Å². The highest BCUT2D eigenvalue weighted by Gasteiger charge is 2.25. The quantitative estimate of drug-likeness (QED) is 0.381. The van der Waals surface area contributed by atoms with Gasteiger partial charge < -0.3 is 14.8 Å². The van der Waals surface area contributed by atoms with E-state index in [4.69, 9.17) is 21.7 Å². The normalized spacial score (nSPS) is 15.8. The second-order valence-corrected chi connectivity index (χ2v) is 5.82. The molecule has 7 nitrogen and oxygen atoms in total. The number of nitro groups is 1. The number of benzene rings is 1. The Bertz CT molecular complexity index is 687. The molecule has 0 bridgehead atoms. The molecule has 22 heavy (non-hydrogen) atoms. The van der Waals surface area contributed by atoms with Gasteiger partial charge in [0.05, 0.1) is 35.2 Å². The highest BCUT2D eigenvalue weighted by atomic mass is 32.2. The smallest absolute Gasteiger partial charge is 0.280 e. The Balaban J connectivity index is 2.54. The van der Waals surface area contributed by atoms with Crippen molar-refractivity contribution in [3.63, 3.8) is 0 Å². The van der Waals surface area contributed by atoms with Crippen molar-refractivity contribution in [3.05, 3.63) is 32.7 Å². The molecular weight excluding hydrogens is 328 g/mol. The summed E-state index contributed by atoms with van der Waals surface area (Å²) in [6, 6.07) is 2.75. The molecule has 0 spiro atoms. The van der Waals surface area contributed by atoms with Crippen LogP contribution in [-0.2, 0) is 4.79 Å². The second kappa shape index (κ2) is 6.75. The van der Waals surface area contributed by atoms with Gasteiger partial charge in [-0.25, -0.2) is 0 Å². The molecule has 0 aromatic heterocycles. The average molecular weight is 340 g/mol. The molecule has 1 aliphatic heterocycles. The van der Waals surface area contributed by atoms with Crippen LogP contribution < -0.4 is 14.8 Å². The van der Waals surface area contributed by atoms with E-state index >= 15 is 0 Å². The van der Waals surface area contributed by atoms with E-state index in [9.17, 15) is 14.9 Å². The fourth-order valence-electron chi connectivity index (χ4n) is 1.83. The van der Waals surface area contributed by atoms with Crippen LogP contribution >= 0.6 is 24.0 Å². The summed E-state index contributed by atoms with van der Waals surface area (Å²) in [5.41, 5.74) is 0.0654. The highest BCUT2D eigenvalue weighted by Crippen LogP contribution is 2.37. The third-order valence-corrected chi connectivity index (χ3v) is 3.90. The first-order valence-corrected chi connectivity index (χ1v) is 7.42. The molecule has 1 saturated heterocycles. The van der Waals surface area contributed by atoms with Gasteiger partial charge in [0, 0.05) is 0 Å². The SMILES string of the molecule is CCOc1cc([N+](=O)[O-])c(C=C2SC(=S)NC2=O)cc1OC. The average Bonchev–Trinajstić information content (AvgIpc) is 2.78. The number of thioether (sulfide) groups is 1. The summed E-state index contributed by atoms with van der Waals surface area (Å²) in [4.78, 5) is 22.7. The molecule has 0 atom stereocenters. The van der Waals surface area contributed by atoms with E-state index in [1.807, 2.05) is 0 Å². The van der Waals surface area contributed by atoms with Gasteiger partial charge in [-0.2, -0.15) is 0 Å². The number of nitro benzene ring substituents is 1. The van der Waals surface area contributed by atoms with Crippen LogP contribution in [0.2, 0.25) is 0 Å². The van der Waals surface area contributed by atoms with Crippen LogP contribution in [0.25, 0.3) is 6.08 Å². The number of carbonyl (C=O) groups excluding carboxylic acids is 1. The zero-order valence-corrected chi connectivity index (χ0v) is 13.4. The van der Waals surface area contributed by atoms with Gasteiger partial charge in [-0.1, -0.05) is 24.0 Å². The third kappa shape index (κ3) is 3.37. The Morgan fingerprint density at radius 3 is 2.68 bits per heavy atom.